The van der Waals surface area contributed by atoms with Gasteiger partial charge in [0.2, 0.25) is 5.91 Å². The molecule has 20 heavy (non-hydrogen) atoms. The predicted octanol–water partition coefficient (Wildman–Crippen LogP) is 2.44. The number of amides is 1. The van der Waals surface area contributed by atoms with Gasteiger partial charge in [-0.25, -0.2) is 8.78 Å². The van der Waals surface area contributed by atoms with Gasteiger partial charge in [-0.3, -0.25) is 4.79 Å². The summed E-state index contributed by atoms with van der Waals surface area (Å²) in [6.07, 6.45) is 2.61. The lowest BCUT2D eigenvalue weighted by molar-refractivity contribution is -0.121. The molecule has 0 spiro atoms. The first kappa shape index (κ1) is 14.9. The molecule has 0 atom stereocenters. The molecule has 1 N–H and O–H groups in total. The van der Waals surface area contributed by atoms with Gasteiger partial charge in [-0.2, -0.15) is 0 Å². The van der Waals surface area contributed by atoms with Crippen molar-refractivity contribution >= 4 is 5.91 Å². The number of benzene rings is 1. The molecule has 0 radical (unpaired) electrons. The van der Waals surface area contributed by atoms with Crippen molar-refractivity contribution < 1.29 is 18.3 Å². The van der Waals surface area contributed by atoms with Gasteiger partial charge in [0.25, 0.3) is 0 Å². The Hall–Kier alpha value is -1.49. The van der Waals surface area contributed by atoms with E-state index >= 15 is 0 Å². The smallest absolute Gasteiger partial charge is 0.220 e. The fourth-order valence-corrected chi connectivity index (χ4v) is 1.90. The van der Waals surface area contributed by atoms with Gasteiger partial charge in [-0.15, -0.1) is 0 Å². The largest absolute Gasteiger partial charge is 0.379 e. The average Bonchev–Trinajstić information content (AvgIpc) is 3.22. The van der Waals surface area contributed by atoms with Crippen LogP contribution in [-0.4, -0.2) is 25.7 Å². The van der Waals surface area contributed by atoms with Crippen molar-refractivity contribution in [2.75, 3.05) is 19.8 Å². The lowest BCUT2D eigenvalue weighted by Crippen LogP contribution is -2.27. The Bertz CT molecular complexity index is 441. The molecule has 0 heterocycles. The number of hydrogen-bond acceptors (Lipinski definition) is 2. The van der Waals surface area contributed by atoms with E-state index < -0.39 is 11.6 Å². The Morgan fingerprint density at radius 3 is 2.65 bits per heavy atom. The van der Waals surface area contributed by atoms with Crippen molar-refractivity contribution in [3.05, 3.63) is 35.4 Å². The van der Waals surface area contributed by atoms with Crippen molar-refractivity contribution in [3.8, 4) is 0 Å². The first-order chi connectivity index (χ1) is 9.66. The SMILES string of the molecule is O=C(CCc1c(F)cccc1F)NCCOCC1CC1. The van der Waals surface area contributed by atoms with Gasteiger partial charge in [0.1, 0.15) is 11.6 Å². The minimum absolute atomic E-state index is 0.0346. The highest BCUT2D eigenvalue weighted by Gasteiger charge is 2.20. The first-order valence-corrected chi connectivity index (χ1v) is 6.94. The fraction of sp³-hybridized carbons (Fsp3) is 0.533. The minimum atomic E-state index is -0.606. The maximum Gasteiger partial charge on any atom is 0.220 e. The van der Waals surface area contributed by atoms with Crippen LogP contribution in [-0.2, 0) is 16.0 Å². The summed E-state index contributed by atoms with van der Waals surface area (Å²) in [4.78, 5) is 11.5. The molecule has 3 nitrogen and oxygen atoms in total. The molecule has 5 heteroatoms. The normalized spacial score (nSPS) is 14.3. The summed E-state index contributed by atoms with van der Waals surface area (Å²) in [5, 5.41) is 2.68. The van der Waals surface area contributed by atoms with Gasteiger partial charge in [0, 0.05) is 25.1 Å². The van der Waals surface area contributed by atoms with Crippen molar-refractivity contribution in [3.63, 3.8) is 0 Å². The van der Waals surface area contributed by atoms with Crippen molar-refractivity contribution in [1.82, 2.24) is 5.32 Å². The molecule has 1 saturated carbocycles. The monoisotopic (exact) mass is 283 g/mol. The molecule has 1 aromatic carbocycles. The maximum atomic E-state index is 13.3. The van der Waals surface area contributed by atoms with Crippen LogP contribution in [0.1, 0.15) is 24.8 Å². The van der Waals surface area contributed by atoms with E-state index in [2.05, 4.69) is 5.32 Å². The summed E-state index contributed by atoms with van der Waals surface area (Å²) >= 11 is 0. The highest BCUT2D eigenvalue weighted by atomic mass is 19.1. The number of ether oxygens (including phenoxy) is 1. The second-order valence-corrected chi connectivity index (χ2v) is 5.07. The summed E-state index contributed by atoms with van der Waals surface area (Å²) in [7, 11) is 0. The number of hydrogen-bond donors (Lipinski definition) is 1. The fourth-order valence-electron chi connectivity index (χ4n) is 1.90. The molecular weight excluding hydrogens is 264 g/mol. The number of carbonyl (C=O) groups is 1. The van der Waals surface area contributed by atoms with Crippen LogP contribution in [0.5, 0.6) is 0 Å². The second-order valence-electron chi connectivity index (χ2n) is 5.07. The Morgan fingerprint density at radius 1 is 1.30 bits per heavy atom. The van der Waals surface area contributed by atoms with E-state index in [1.807, 2.05) is 0 Å². The summed E-state index contributed by atoms with van der Waals surface area (Å²) in [5.74, 6) is -0.728. The zero-order chi connectivity index (χ0) is 14.4. The van der Waals surface area contributed by atoms with E-state index in [1.54, 1.807) is 0 Å². The number of halogens is 2. The summed E-state index contributed by atoms with van der Waals surface area (Å²) < 4.78 is 32.1. The van der Waals surface area contributed by atoms with E-state index in [4.69, 9.17) is 4.74 Å². The standard InChI is InChI=1S/C15H19F2NO2/c16-13-2-1-3-14(17)12(13)6-7-15(19)18-8-9-20-10-11-4-5-11/h1-3,11H,4-10H2,(H,18,19). The summed E-state index contributed by atoms with van der Waals surface area (Å²) in [5.41, 5.74) is -0.0346. The van der Waals surface area contributed by atoms with Crippen LogP contribution in [0.4, 0.5) is 8.78 Å². The molecule has 0 bridgehead atoms. The van der Waals surface area contributed by atoms with Gasteiger partial charge in [-0.05, 0) is 37.3 Å². The van der Waals surface area contributed by atoms with Crippen LogP contribution in [0.3, 0.4) is 0 Å². The third kappa shape index (κ3) is 4.89. The highest BCUT2D eigenvalue weighted by molar-refractivity contribution is 5.76. The Balaban J connectivity index is 1.61. The summed E-state index contributed by atoms with van der Waals surface area (Å²) in [6.45, 7) is 1.68. The van der Waals surface area contributed by atoms with Crippen LogP contribution in [0, 0.1) is 17.6 Å². The molecule has 0 saturated heterocycles. The molecule has 0 aliphatic heterocycles. The topological polar surface area (TPSA) is 38.3 Å². The molecule has 1 aliphatic rings. The second kappa shape index (κ2) is 7.33. The van der Waals surface area contributed by atoms with Crippen LogP contribution >= 0.6 is 0 Å². The van der Waals surface area contributed by atoms with E-state index in [9.17, 15) is 13.6 Å². The quantitative estimate of drug-likeness (QED) is 0.744. The summed E-state index contributed by atoms with van der Waals surface area (Å²) in [6, 6.07) is 3.70. The van der Waals surface area contributed by atoms with Gasteiger partial charge >= 0.3 is 0 Å². The third-order valence-corrected chi connectivity index (χ3v) is 3.28. The van der Waals surface area contributed by atoms with Gasteiger partial charge in [0.15, 0.2) is 0 Å². The predicted molar refractivity (Wildman–Crippen MR) is 71.2 cm³/mol. The average molecular weight is 283 g/mol. The van der Waals surface area contributed by atoms with Crippen LogP contribution in [0.2, 0.25) is 0 Å². The molecule has 1 amide bonds. The number of carbonyl (C=O) groups excluding carboxylic acids is 1. The van der Waals surface area contributed by atoms with Gasteiger partial charge in [0.05, 0.1) is 6.61 Å². The Kier molecular flexibility index (Phi) is 5.47. The van der Waals surface area contributed by atoms with Crippen LogP contribution < -0.4 is 5.32 Å². The highest BCUT2D eigenvalue weighted by Crippen LogP contribution is 2.28. The molecule has 1 fully saturated rings. The zero-order valence-corrected chi connectivity index (χ0v) is 11.3. The van der Waals surface area contributed by atoms with E-state index in [-0.39, 0.29) is 24.3 Å². The molecule has 110 valence electrons. The molecule has 1 aliphatic carbocycles. The molecule has 1 aromatic rings. The van der Waals surface area contributed by atoms with Crippen molar-refractivity contribution in [2.45, 2.75) is 25.7 Å². The van der Waals surface area contributed by atoms with Gasteiger partial charge in [-0.1, -0.05) is 6.07 Å². The van der Waals surface area contributed by atoms with E-state index in [0.717, 1.165) is 6.61 Å². The third-order valence-electron chi connectivity index (χ3n) is 3.28. The lowest BCUT2D eigenvalue weighted by atomic mass is 10.1. The van der Waals surface area contributed by atoms with Crippen molar-refractivity contribution in [1.29, 1.82) is 0 Å². The lowest BCUT2D eigenvalue weighted by Gasteiger charge is -2.07. The number of rotatable bonds is 8. The van der Waals surface area contributed by atoms with Gasteiger partial charge < -0.3 is 10.1 Å². The Labute approximate surface area is 117 Å². The minimum Gasteiger partial charge on any atom is -0.379 e. The maximum absolute atomic E-state index is 13.3. The molecule has 2 rings (SSSR count). The van der Waals surface area contributed by atoms with Crippen LogP contribution in [0.15, 0.2) is 18.2 Å². The van der Waals surface area contributed by atoms with Crippen molar-refractivity contribution in [2.24, 2.45) is 5.92 Å². The molecule has 0 unspecified atom stereocenters. The Morgan fingerprint density at radius 2 is 2.00 bits per heavy atom. The number of nitrogens with one attached hydrogen (secondary N) is 1. The zero-order valence-electron chi connectivity index (χ0n) is 11.3. The molecule has 0 aromatic heterocycles. The van der Waals surface area contributed by atoms with E-state index in [1.165, 1.54) is 31.0 Å². The molecular formula is C15H19F2NO2. The van der Waals surface area contributed by atoms with Crippen LogP contribution in [0.25, 0.3) is 0 Å². The first-order valence-electron chi connectivity index (χ1n) is 6.94. The van der Waals surface area contributed by atoms with E-state index in [0.29, 0.717) is 19.1 Å².